The molecular weight excluding hydrogens is 396 g/mol. The summed E-state index contributed by atoms with van der Waals surface area (Å²) in [5.41, 5.74) is 6.25. The first-order chi connectivity index (χ1) is 15.0. The molecule has 168 valence electrons. The number of carbonyl (C=O) groups excluding carboxylic acids is 3. The van der Waals surface area contributed by atoms with Gasteiger partial charge in [0, 0.05) is 38.8 Å². The molecule has 1 aromatic rings. The van der Waals surface area contributed by atoms with E-state index in [1.165, 1.54) is 4.90 Å². The van der Waals surface area contributed by atoms with Crippen LogP contribution in [-0.2, 0) is 4.79 Å². The molecule has 1 aromatic carbocycles. The summed E-state index contributed by atoms with van der Waals surface area (Å²) in [5.74, 6) is 0.0719. The van der Waals surface area contributed by atoms with Gasteiger partial charge in [-0.25, -0.2) is 0 Å². The lowest BCUT2D eigenvalue weighted by Gasteiger charge is -2.32. The summed E-state index contributed by atoms with van der Waals surface area (Å²) in [6, 6.07) is 7.26. The average Bonchev–Trinajstić information content (AvgIpc) is 2.99. The van der Waals surface area contributed by atoms with Crippen LogP contribution in [0.15, 0.2) is 29.3 Å². The van der Waals surface area contributed by atoms with Crippen molar-refractivity contribution in [3.05, 3.63) is 35.4 Å². The molecule has 9 nitrogen and oxygen atoms in total. The van der Waals surface area contributed by atoms with Gasteiger partial charge in [0.1, 0.15) is 0 Å². The van der Waals surface area contributed by atoms with E-state index in [-0.39, 0.29) is 17.7 Å². The Bertz CT molecular complexity index is 797. The molecule has 0 radical (unpaired) electrons. The Kier molecular flexibility index (Phi) is 8.00. The predicted octanol–water partition coefficient (Wildman–Crippen LogP) is 0.568. The van der Waals surface area contributed by atoms with Gasteiger partial charge < -0.3 is 16.4 Å². The molecule has 0 unspecified atom stereocenters. The Hall–Kier alpha value is -2.94. The van der Waals surface area contributed by atoms with E-state index in [2.05, 4.69) is 20.5 Å². The number of unbranched alkanes of at least 4 members (excludes halogenated alkanes) is 1. The van der Waals surface area contributed by atoms with Crippen molar-refractivity contribution in [1.29, 1.82) is 0 Å². The largest absolute Gasteiger partial charge is 0.369 e. The number of nitrogens with two attached hydrogens (primary N) is 1. The zero-order valence-electron chi connectivity index (χ0n) is 18.1. The van der Waals surface area contributed by atoms with Crippen LogP contribution < -0.4 is 16.4 Å². The smallest absolute Gasteiger partial charge is 0.261 e. The van der Waals surface area contributed by atoms with Crippen LogP contribution in [0, 0.1) is 0 Å². The molecule has 0 aromatic heterocycles. The lowest BCUT2D eigenvalue weighted by molar-refractivity contribution is -0.119. The number of nitrogens with one attached hydrogen (secondary N) is 2. The summed E-state index contributed by atoms with van der Waals surface area (Å²) in [5, 5.41) is 6.73. The molecule has 0 saturated carbocycles. The highest BCUT2D eigenvalue weighted by Crippen LogP contribution is 2.22. The molecule has 3 amide bonds. The van der Waals surface area contributed by atoms with Crippen molar-refractivity contribution in [1.82, 2.24) is 20.4 Å². The Balaban J connectivity index is 1.41. The Morgan fingerprint density at radius 3 is 2.35 bits per heavy atom. The van der Waals surface area contributed by atoms with Crippen LogP contribution in [0.2, 0.25) is 0 Å². The minimum absolute atomic E-state index is 0.207. The number of hydrogen-bond acceptors (Lipinski definition) is 5. The topological polar surface area (TPSA) is 120 Å². The summed E-state index contributed by atoms with van der Waals surface area (Å²) in [6.45, 7) is 5.79. The third-order valence-corrected chi connectivity index (χ3v) is 5.59. The second kappa shape index (κ2) is 10.9. The van der Waals surface area contributed by atoms with Gasteiger partial charge >= 0.3 is 0 Å². The van der Waals surface area contributed by atoms with Gasteiger partial charge in [-0.3, -0.25) is 29.2 Å². The van der Waals surface area contributed by atoms with Crippen LogP contribution in [0.5, 0.6) is 0 Å². The molecule has 0 spiro atoms. The molecule has 0 aliphatic carbocycles. The Morgan fingerprint density at radius 2 is 1.77 bits per heavy atom. The second-order valence-corrected chi connectivity index (χ2v) is 7.94. The molecule has 3 rings (SSSR count). The number of imide groups is 1. The van der Waals surface area contributed by atoms with Gasteiger partial charge in [-0.2, -0.15) is 0 Å². The third-order valence-electron chi connectivity index (χ3n) is 5.59. The summed E-state index contributed by atoms with van der Waals surface area (Å²) >= 11 is 0. The molecule has 1 saturated heterocycles. The third kappa shape index (κ3) is 6.04. The number of carbonyl (C=O) groups is 3. The van der Waals surface area contributed by atoms with Crippen LogP contribution in [0.3, 0.4) is 0 Å². The Morgan fingerprint density at radius 1 is 1.13 bits per heavy atom. The van der Waals surface area contributed by atoms with Crippen LogP contribution in [0.4, 0.5) is 0 Å². The molecule has 4 N–H and O–H groups in total. The van der Waals surface area contributed by atoms with Crippen LogP contribution in [-0.4, -0.2) is 78.8 Å². The number of nitrogens with zero attached hydrogens (tertiary/aromatic N) is 3. The van der Waals surface area contributed by atoms with Crippen LogP contribution in [0.25, 0.3) is 0 Å². The van der Waals surface area contributed by atoms with Gasteiger partial charge in [0.15, 0.2) is 5.96 Å². The van der Waals surface area contributed by atoms with Gasteiger partial charge in [-0.15, -0.1) is 0 Å². The number of benzene rings is 1. The summed E-state index contributed by atoms with van der Waals surface area (Å²) in [4.78, 5) is 43.9. The summed E-state index contributed by atoms with van der Waals surface area (Å²) < 4.78 is 0. The van der Waals surface area contributed by atoms with Gasteiger partial charge in [0.05, 0.1) is 17.7 Å². The highest BCUT2D eigenvalue weighted by Gasteiger charge is 2.34. The fourth-order valence-corrected chi connectivity index (χ4v) is 3.98. The number of rotatable bonds is 9. The average molecular weight is 429 g/mol. The first kappa shape index (κ1) is 22.7. The normalized spacial score (nSPS) is 17.7. The standard InChI is InChI=1S/C22H32N6O3/c1-2-24-22(26-16-9-13-27(14-10-16)15-19(23)29)25-11-5-6-12-28-20(30)17-7-3-4-8-18(17)21(28)31/h3-4,7-8,16H,2,5-6,9-15H2,1H3,(H2,23,29)(H2,24,25,26). The first-order valence-electron chi connectivity index (χ1n) is 11.0. The number of hydrogen-bond donors (Lipinski definition) is 3. The maximum Gasteiger partial charge on any atom is 0.261 e. The Labute approximate surface area is 183 Å². The van der Waals surface area contributed by atoms with E-state index < -0.39 is 0 Å². The zero-order chi connectivity index (χ0) is 22.2. The number of primary amides is 1. The number of piperidine rings is 1. The zero-order valence-corrected chi connectivity index (χ0v) is 18.1. The van der Waals surface area contributed by atoms with Gasteiger partial charge in [0.25, 0.3) is 11.8 Å². The van der Waals surface area contributed by atoms with Crippen molar-refractivity contribution in [2.75, 3.05) is 39.3 Å². The number of likely N-dealkylation sites (tertiary alicyclic amines) is 1. The first-order valence-corrected chi connectivity index (χ1v) is 11.0. The fraction of sp³-hybridized carbons (Fsp3) is 0.545. The highest BCUT2D eigenvalue weighted by molar-refractivity contribution is 6.21. The summed E-state index contributed by atoms with van der Waals surface area (Å²) in [7, 11) is 0. The monoisotopic (exact) mass is 428 g/mol. The van der Waals surface area contributed by atoms with Crippen LogP contribution >= 0.6 is 0 Å². The molecule has 2 aliphatic heterocycles. The molecule has 0 atom stereocenters. The van der Waals surface area contributed by atoms with E-state index in [0.717, 1.165) is 44.9 Å². The van der Waals surface area contributed by atoms with Gasteiger partial charge in [-0.05, 0) is 44.7 Å². The predicted molar refractivity (Wildman–Crippen MR) is 119 cm³/mol. The lowest BCUT2D eigenvalue weighted by atomic mass is 10.1. The minimum Gasteiger partial charge on any atom is -0.369 e. The van der Waals surface area contributed by atoms with E-state index in [9.17, 15) is 14.4 Å². The van der Waals surface area contributed by atoms with Crippen LogP contribution in [0.1, 0.15) is 53.3 Å². The van der Waals surface area contributed by atoms with Crippen molar-refractivity contribution in [2.45, 2.75) is 38.6 Å². The molecule has 0 bridgehead atoms. The van der Waals surface area contributed by atoms with Crippen molar-refractivity contribution >= 4 is 23.7 Å². The number of guanidine groups is 1. The maximum atomic E-state index is 12.4. The van der Waals surface area contributed by atoms with Gasteiger partial charge in [-0.1, -0.05) is 12.1 Å². The number of aliphatic imine (C=N–C) groups is 1. The van der Waals surface area contributed by atoms with E-state index in [1.54, 1.807) is 24.3 Å². The lowest BCUT2D eigenvalue weighted by Crippen LogP contribution is -2.49. The maximum absolute atomic E-state index is 12.4. The van der Waals surface area contributed by atoms with E-state index in [0.29, 0.717) is 43.2 Å². The van der Waals surface area contributed by atoms with Crippen molar-refractivity contribution in [2.24, 2.45) is 10.7 Å². The number of amides is 3. The fourth-order valence-electron chi connectivity index (χ4n) is 3.98. The van der Waals surface area contributed by atoms with E-state index in [4.69, 9.17) is 5.73 Å². The van der Waals surface area contributed by atoms with E-state index >= 15 is 0 Å². The minimum atomic E-state index is -0.289. The second-order valence-electron chi connectivity index (χ2n) is 7.94. The van der Waals surface area contributed by atoms with Crippen molar-refractivity contribution < 1.29 is 14.4 Å². The molecular formula is C22H32N6O3. The molecule has 9 heteroatoms. The van der Waals surface area contributed by atoms with Crippen molar-refractivity contribution in [3.8, 4) is 0 Å². The molecule has 2 aliphatic rings. The molecule has 31 heavy (non-hydrogen) atoms. The highest BCUT2D eigenvalue weighted by atomic mass is 16.2. The van der Waals surface area contributed by atoms with Crippen molar-refractivity contribution in [3.63, 3.8) is 0 Å². The molecule has 1 fully saturated rings. The van der Waals surface area contributed by atoms with E-state index in [1.807, 2.05) is 6.92 Å². The quantitative estimate of drug-likeness (QED) is 0.229. The van der Waals surface area contributed by atoms with Gasteiger partial charge in [0.2, 0.25) is 5.91 Å². The summed E-state index contributed by atoms with van der Waals surface area (Å²) in [6.07, 6.45) is 3.34. The number of fused-ring (bicyclic) bond motifs is 1. The SMILES string of the molecule is CCNC(=NCCCCN1C(=O)c2ccccc2C1=O)NC1CCN(CC(N)=O)CC1. The molecule has 2 heterocycles.